The minimum atomic E-state index is 1.02. The van der Waals surface area contributed by atoms with Crippen LogP contribution >= 0.6 is 0 Å². The van der Waals surface area contributed by atoms with Crippen molar-refractivity contribution in [3.63, 3.8) is 0 Å². The van der Waals surface area contributed by atoms with Gasteiger partial charge in [0.15, 0.2) is 0 Å². The van der Waals surface area contributed by atoms with Crippen LogP contribution in [0.1, 0.15) is 25.8 Å². The van der Waals surface area contributed by atoms with Crippen molar-refractivity contribution in [1.82, 2.24) is 4.90 Å². The second kappa shape index (κ2) is 6.41. The average molecular weight is 203 g/mol. The molecular formula is C14H21N. The third-order valence-electron chi connectivity index (χ3n) is 2.37. The predicted octanol–water partition coefficient (Wildman–Crippen LogP) is 3.47. The summed E-state index contributed by atoms with van der Waals surface area (Å²) in [6.45, 7) is 6.46. The summed E-state index contributed by atoms with van der Waals surface area (Å²) in [6, 6.07) is 10.6. The lowest BCUT2D eigenvalue weighted by Crippen LogP contribution is -2.19. The fourth-order valence-corrected chi connectivity index (χ4v) is 1.79. The van der Waals surface area contributed by atoms with Gasteiger partial charge in [-0.25, -0.2) is 0 Å². The average Bonchev–Trinajstić information content (AvgIpc) is 2.19. The molecule has 1 heteroatoms. The molecule has 82 valence electrons. The topological polar surface area (TPSA) is 3.24 Å². The second-order valence-corrected chi connectivity index (χ2v) is 4.12. The molecule has 0 N–H and O–H groups in total. The number of nitrogens with zero attached hydrogens (tertiary/aromatic N) is 1. The Bertz CT molecular complexity index is 300. The highest BCUT2D eigenvalue weighted by molar-refractivity contribution is 5.14. The number of likely N-dealkylation sites (N-methyl/N-ethyl adjacent to an activating group) is 1. The van der Waals surface area contributed by atoms with Crippen LogP contribution in [-0.4, -0.2) is 18.5 Å². The lowest BCUT2D eigenvalue weighted by atomic mass is 10.2. The molecule has 0 saturated carbocycles. The molecule has 0 atom stereocenters. The summed E-state index contributed by atoms with van der Waals surface area (Å²) in [4.78, 5) is 2.34. The predicted molar refractivity (Wildman–Crippen MR) is 66.8 cm³/mol. The zero-order valence-corrected chi connectivity index (χ0v) is 10.0. The molecule has 0 unspecified atom stereocenters. The van der Waals surface area contributed by atoms with Crippen LogP contribution in [0.2, 0.25) is 0 Å². The lowest BCUT2D eigenvalue weighted by molar-refractivity contribution is 0.355. The molecule has 1 nitrogen and oxygen atoms in total. The molecule has 0 radical (unpaired) electrons. The molecule has 1 rings (SSSR count). The normalized spacial score (nSPS) is 12.1. The summed E-state index contributed by atoms with van der Waals surface area (Å²) < 4.78 is 0. The van der Waals surface area contributed by atoms with Crippen LogP contribution in [0, 0.1) is 0 Å². The highest BCUT2D eigenvalue weighted by atomic mass is 15.1. The van der Waals surface area contributed by atoms with E-state index in [-0.39, 0.29) is 0 Å². The van der Waals surface area contributed by atoms with Gasteiger partial charge in [-0.05, 0) is 26.0 Å². The largest absolute Gasteiger partial charge is 0.298 e. The van der Waals surface area contributed by atoms with Gasteiger partial charge in [0.1, 0.15) is 0 Å². The number of rotatable bonds is 5. The molecule has 0 saturated heterocycles. The van der Waals surface area contributed by atoms with Crippen LogP contribution in [-0.2, 0) is 6.54 Å². The Labute approximate surface area is 93.4 Å². The summed E-state index contributed by atoms with van der Waals surface area (Å²) in [6.07, 6.45) is 3.42. The maximum Gasteiger partial charge on any atom is 0.0234 e. The zero-order valence-electron chi connectivity index (χ0n) is 10.0. The van der Waals surface area contributed by atoms with Crippen molar-refractivity contribution in [2.75, 3.05) is 13.6 Å². The van der Waals surface area contributed by atoms with E-state index in [0.717, 1.165) is 19.5 Å². The highest BCUT2D eigenvalue weighted by Gasteiger charge is 1.99. The van der Waals surface area contributed by atoms with E-state index in [4.69, 9.17) is 0 Å². The van der Waals surface area contributed by atoms with Gasteiger partial charge in [-0.3, -0.25) is 4.90 Å². The Morgan fingerprint density at radius 1 is 1.27 bits per heavy atom. The van der Waals surface area contributed by atoms with E-state index < -0.39 is 0 Å². The van der Waals surface area contributed by atoms with Gasteiger partial charge in [0.05, 0.1) is 0 Å². The molecule has 0 aliphatic carbocycles. The first kappa shape index (κ1) is 12.0. The Hall–Kier alpha value is -1.08. The second-order valence-electron chi connectivity index (χ2n) is 4.12. The first-order valence-corrected chi connectivity index (χ1v) is 5.60. The van der Waals surface area contributed by atoms with Crippen molar-refractivity contribution in [3.05, 3.63) is 47.5 Å². The van der Waals surface area contributed by atoms with E-state index in [1.54, 1.807) is 0 Å². The monoisotopic (exact) mass is 203 g/mol. The molecule has 0 spiro atoms. The zero-order chi connectivity index (χ0) is 11.1. The molecule has 0 fully saturated rings. The first-order chi connectivity index (χ1) is 7.22. The lowest BCUT2D eigenvalue weighted by Gasteiger charge is -2.17. The maximum atomic E-state index is 2.34. The maximum absolute atomic E-state index is 2.34. The van der Waals surface area contributed by atoms with Gasteiger partial charge >= 0.3 is 0 Å². The standard InChI is InChI=1S/C14H21N/c1-4-8-13(2)11-15(3)12-14-9-6-5-7-10-14/h5-10H,4,11-12H2,1-3H3. The molecule has 0 heterocycles. The van der Waals surface area contributed by atoms with Gasteiger partial charge in [0, 0.05) is 13.1 Å². The van der Waals surface area contributed by atoms with Gasteiger partial charge in [0.2, 0.25) is 0 Å². The SMILES string of the molecule is CCC=C(C)CN(C)Cc1ccccc1. The van der Waals surface area contributed by atoms with E-state index in [0.29, 0.717) is 0 Å². The molecule has 15 heavy (non-hydrogen) atoms. The third-order valence-corrected chi connectivity index (χ3v) is 2.37. The quantitative estimate of drug-likeness (QED) is 0.662. The van der Waals surface area contributed by atoms with E-state index in [9.17, 15) is 0 Å². The molecule has 1 aromatic carbocycles. The van der Waals surface area contributed by atoms with Crippen LogP contribution in [0.25, 0.3) is 0 Å². The summed E-state index contributed by atoms with van der Waals surface area (Å²) in [7, 11) is 2.17. The van der Waals surface area contributed by atoms with Crippen LogP contribution in [0.4, 0.5) is 0 Å². The fraction of sp³-hybridized carbons (Fsp3) is 0.429. The van der Waals surface area contributed by atoms with Crippen molar-refractivity contribution in [1.29, 1.82) is 0 Å². The van der Waals surface area contributed by atoms with Gasteiger partial charge in [-0.2, -0.15) is 0 Å². The summed E-state index contributed by atoms with van der Waals surface area (Å²) in [5.41, 5.74) is 2.83. The minimum absolute atomic E-state index is 1.02. The fourth-order valence-electron chi connectivity index (χ4n) is 1.79. The number of allylic oxidation sites excluding steroid dienone is 1. The number of hydrogen-bond acceptors (Lipinski definition) is 1. The Morgan fingerprint density at radius 3 is 2.53 bits per heavy atom. The van der Waals surface area contributed by atoms with Crippen LogP contribution in [0.15, 0.2) is 42.0 Å². The van der Waals surface area contributed by atoms with Crippen LogP contribution < -0.4 is 0 Å². The minimum Gasteiger partial charge on any atom is -0.298 e. The van der Waals surface area contributed by atoms with E-state index >= 15 is 0 Å². The smallest absolute Gasteiger partial charge is 0.0234 e. The third kappa shape index (κ3) is 4.80. The van der Waals surface area contributed by atoms with Gasteiger partial charge in [-0.15, -0.1) is 0 Å². The van der Waals surface area contributed by atoms with Crippen molar-refractivity contribution in [2.45, 2.75) is 26.8 Å². The molecule has 1 aromatic rings. The van der Waals surface area contributed by atoms with Gasteiger partial charge in [0.25, 0.3) is 0 Å². The Morgan fingerprint density at radius 2 is 1.93 bits per heavy atom. The molecule has 0 aromatic heterocycles. The van der Waals surface area contributed by atoms with Crippen molar-refractivity contribution in [2.24, 2.45) is 0 Å². The number of hydrogen-bond donors (Lipinski definition) is 0. The highest BCUT2D eigenvalue weighted by Crippen LogP contribution is 2.05. The Kier molecular flexibility index (Phi) is 5.13. The first-order valence-electron chi connectivity index (χ1n) is 5.60. The van der Waals surface area contributed by atoms with Crippen molar-refractivity contribution < 1.29 is 0 Å². The van der Waals surface area contributed by atoms with Crippen LogP contribution in [0.3, 0.4) is 0 Å². The van der Waals surface area contributed by atoms with Gasteiger partial charge in [-0.1, -0.05) is 48.9 Å². The van der Waals surface area contributed by atoms with Crippen molar-refractivity contribution >= 4 is 0 Å². The summed E-state index contributed by atoms with van der Waals surface area (Å²) in [5.74, 6) is 0. The van der Waals surface area contributed by atoms with E-state index in [1.165, 1.54) is 11.1 Å². The summed E-state index contributed by atoms with van der Waals surface area (Å²) >= 11 is 0. The summed E-state index contributed by atoms with van der Waals surface area (Å²) in [5, 5.41) is 0. The van der Waals surface area contributed by atoms with Crippen LogP contribution in [0.5, 0.6) is 0 Å². The van der Waals surface area contributed by atoms with E-state index in [1.807, 2.05) is 0 Å². The van der Waals surface area contributed by atoms with E-state index in [2.05, 4.69) is 62.2 Å². The molecule has 0 amide bonds. The Balaban J connectivity index is 2.43. The molecule has 0 bridgehead atoms. The molecule has 0 aliphatic heterocycles. The number of benzene rings is 1. The van der Waals surface area contributed by atoms with Crippen molar-refractivity contribution in [3.8, 4) is 0 Å². The molecule has 0 aliphatic rings. The molecular weight excluding hydrogens is 182 g/mol. The van der Waals surface area contributed by atoms with Gasteiger partial charge < -0.3 is 0 Å².